The second-order valence-electron chi connectivity index (χ2n) is 10.8. The van der Waals surface area contributed by atoms with E-state index in [1.807, 2.05) is 0 Å². The zero-order valence-corrected chi connectivity index (χ0v) is 24.3. The Morgan fingerprint density at radius 1 is 1.16 bits per heavy atom. The lowest BCUT2D eigenvalue weighted by atomic mass is 9.93. The van der Waals surface area contributed by atoms with Crippen LogP contribution < -0.4 is 15.3 Å². The highest BCUT2D eigenvalue weighted by Crippen LogP contribution is 2.50. The standard InChI is InChI=1S/C30H31F5N4O5/c1-5-24(40)37-12-17(3)38(13-16(37)2)28-21-11-22(30(33,34)35)25(20-7-6-18(31)10-23(20)32)27-26(21)39(29(41)36-28)19(15-44-27)14-43-9-8-42-4/h5-7,10-11,16-17,19H,1,8-9,12-15H2,2-4H3/t16-,17+,19+/m1/s1. The van der Waals surface area contributed by atoms with Gasteiger partial charge in [0.1, 0.15) is 24.1 Å². The van der Waals surface area contributed by atoms with Crippen LogP contribution in [0, 0.1) is 11.6 Å². The lowest BCUT2D eigenvalue weighted by Gasteiger charge is -2.45. The molecule has 0 saturated carbocycles. The van der Waals surface area contributed by atoms with Gasteiger partial charge in [-0.05, 0) is 38.1 Å². The number of piperazine rings is 1. The number of benzene rings is 2. The third-order valence-corrected chi connectivity index (χ3v) is 7.89. The van der Waals surface area contributed by atoms with Gasteiger partial charge in [0.15, 0.2) is 5.75 Å². The average Bonchev–Trinajstić information content (AvgIpc) is 2.97. The molecule has 1 aromatic heterocycles. The van der Waals surface area contributed by atoms with E-state index in [1.165, 1.54) is 17.8 Å². The molecule has 5 rings (SSSR count). The van der Waals surface area contributed by atoms with Crippen LogP contribution in [0.25, 0.3) is 22.0 Å². The van der Waals surface area contributed by atoms with Crippen LogP contribution in [0.1, 0.15) is 25.5 Å². The van der Waals surface area contributed by atoms with E-state index in [2.05, 4.69) is 11.6 Å². The number of rotatable bonds is 8. The minimum absolute atomic E-state index is 0.0252. The van der Waals surface area contributed by atoms with Crippen molar-refractivity contribution >= 4 is 22.6 Å². The molecule has 0 aliphatic carbocycles. The van der Waals surface area contributed by atoms with E-state index in [4.69, 9.17) is 14.2 Å². The van der Waals surface area contributed by atoms with E-state index < -0.39 is 58.3 Å². The molecule has 2 aliphatic heterocycles. The third kappa shape index (κ3) is 5.63. The molecule has 14 heteroatoms. The zero-order chi connectivity index (χ0) is 31.9. The molecule has 0 unspecified atom stereocenters. The number of nitrogens with zero attached hydrogens (tertiary/aromatic N) is 4. The van der Waals surface area contributed by atoms with Crippen LogP contribution in [-0.2, 0) is 20.4 Å². The average molecular weight is 623 g/mol. The Morgan fingerprint density at radius 3 is 2.57 bits per heavy atom. The van der Waals surface area contributed by atoms with E-state index in [1.54, 1.807) is 23.6 Å². The van der Waals surface area contributed by atoms with Gasteiger partial charge < -0.3 is 24.0 Å². The van der Waals surface area contributed by atoms with Crippen LogP contribution in [0.2, 0.25) is 0 Å². The summed E-state index contributed by atoms with van der Waals surface area (Å²) in [6.45, 7) is 7.54. The van der Waals surface area contributed by atoms with Gasteiger partial charge in [-0.25, -0.2) is 13.6 Å². The minimum atomic E-state index is -5.00. The van der Waals surface area contributed by atoms with Crippen molar-refractivity contribution in [1.29, 1.82) is 0 Å². The van der Waals surface area contributed by atoms with Crippen LogP contribution in [0.5, 0.6) is 5.75 Å². The summed E-state index contributed by atoms with van der Waals surface area (Å²) in [5.74, 6) is -2.91. The van der Waals surface area contributed by atoms with Gasteiger partial charge in [-0.3, -0.25) is 9.36 Å². The first-order valence-electron chi connectivity index (χ1n) is 13.9. The minimum Gasteiger partial charge on any atom is -0.488 e. The number of hydrogen-bond acceptors (Lipinski definition) is 7. The number of amides is 1. The van der Waals surface area contributed by atoms with Crippen LogP contribution in [0.3, 0.4) is 0 Å². The number of alkyl halides is 3. The summed E-state index contributed by atoms with van der Waals surface area (Å²) in [5.41, 5.74) is -3.24. The number of carbonyl (C=O) groups is 1. The van der Waals surface area contributed by atoms with Gasteiger partial charge in [-0.2, -0.15) is 18.2 Å². The van der Waals surface area contributed by atoms with E-state index in [0.29, 0.717) is 6.07 Å². The Morgan fingerprint density at radius 2 is 1.91 bits per heavy atom. The molecule has 1 fully saturated rings. The Balaban J connectivity index is 1.79. The summed E-state index contributed by atoms with van der Waals surface area (Å²) < 4.78 is 90.9. The predicted octanol–water partition coefficient (Wildman–Crippen LogP) is 4.57. The second kappa shape index (κ2) is 12.2. The van der Waals surface area contributed by atoms with Gasteiger partial charge in [0, 0.05) is 54.9 Å². The van der Waals surface area contributed by atoms with Crippen molar-refractivity contribution in [3.05, 3.63) is 64.6 Å². The summed E-state index contributed by atoms with van der Waals surface area (Å²) in [7, 11) is 1.49. The Kier molecular flexibility index (Phi) is 8.67. The van der Waals surface area contributed by atoms with Crippen molar-refractivity contribution in [1.82, 2.24) is 14.5 Å². The van der Waals surface area contributed by atoms with Crippen LogP contribution in [-0.4, -0.2) is 79.1 Å². The number of halogens is 5. The fourth-order valence-corrected chi connectivity index (χ4v) is 5.82. The number of carbonyl (C=O) groups excluding carboxylic acids is 1. The second-order valence-corrected chi connectivity index (χ2v) is 10.8. The first-order valence-corrected chi connectivity index (χ1v) is 13.9. The van der Waals surface area contributed by atoms with E-state index >= 15 is 4.39 Å². The molecule has 236 valence electrons. The van der Waals surface area contributed by atoms with Gasteiger partial charge in [0.25, 0.3) is 0 Å². The quantitative estimate of drug-likeness (QED) is 0.207. The van der Waals surface area contributed by atoms with E-state index in [-0.39, 0.29) is 67.9 Å². The molecule has 1 saturated heterocycles. The molecule has 44 heavy (non-hydrogen) atoms. The monoisotopic (exact) mass is 622 g/mol. The Bertz CT molecular complexity index is 1660. The summed E-state index contributed by atoms with van der Waals surface area (Å²) in [5, 5.41) is -0.0534. The van der Waals surface area contributed by atoms with Crippen LogP contribution >= 0.6 is 0 Å². The molecule has 2 aromatic carbocycles. The fraction of sp³-hybridized carbons (Fsp3) is 0.433. The predicted molar refractivity (Wildman–Crippen MR) is 152 cm³/mol. The molecular formula is C30H31F5N4O5. The summed E-state index contributed by atoms with van der Waals surface area (Å²) >= 11 is 0. The molecule has 0 radical (unpaired) electrons. The maximum absolute atomic E-state index is 15.1. The highest BCUT2D eigenvalue weighted by Gasteiger charge is 2.41. The van der Waals surface area contributed by atoms with E-state index in [0.717, 1.165) is 18.2 Å². The number of anilines is 1. The van der Waals surface area contributed by atoms with E-state index in [9.17, 15) is 27.2 Å². The van der Waals surface area contributed by atoms with Gasteiger partial charge in [-0.1, -0.05) is 6.58 Å². The third-order valence-electron chi connectivity index (χ3n) is 7.89. The molecule has 0 N–H and O–H groups in total. The van der Waals surface area contributed by atoms with Gasteiger partial charge in [0.2, 0.25) is 5.91 Å². The normalized spacial score (nSPS) is 20.1. The molecule has 9 nitrogen and oxygen atoms in total. The van der Waals surface area contributed by atoms with Crippen molar-refractivity contribution in [2.24, 2.45) is 0 Å². The highest BCUT2D eigenvalue weighted by atomic mass is 19.4. The van der Waals surface area contributed by atoms with Gasteiger partial charge in [0.05, 0.1) is 36.9 Å². The Hall–Kier alpha value is -4.04. The first-order chi connectivity index (χ1) is 20.9. The molecular weight excluding hydrogens is 591 g/mol. The van der Waals surface area contributed by atoms with Crippen molar-refractivity contribution < 1.29 is 41.0 Å². The van der Waals surface area contributed by atoms with Gasteiger partial charge in [-0.15, -0.1) is 0 Å². The lowest BCUT2D eigenvalue weighted by molar-refractivity contribution is -0.137. The molecule has 1 amide bonds. The smallest absolute Gasteiger partial charge is 0.417 e. The molecule has 0 bridgehead atoms. The van der Waals surface area contributed by atoms with Crippen LogP contribution in [0.4, 0.5) is 27.8 Å². The maximum Gasteiger partial charge on any atom is 0.417 e. The number of methoxy groups -OCH3 is 1. The molecule has 3 aromatic rings. The number of hydrogen-bond donors (Lipinski definition) is 0. The SMILES string of the molecule is C=CC(=O)N1C[C@H](C)N(c2nc(=O)n3c4c(c(-c5ccc(F)cc5F)c(C(F)(F)F)cc24)OC[C@@H]3COCCOC)C[C@H]1C. The number of aromatic nitrogens is 2. The molecule has 2 aliphatic rings. The fourth-order valence-electron chi connectivity index (χ4n) is 5.82. The topological polar surface area (TPSA) is 86.1 Å². The maximum atomic E-state index is 15.1. The molecule has 0 spiro atoms. The van der Waals surface area contributed by atoms with Gasteiger partial charge >= 0.3 is 11.9 Å². The van der Waals surface area contributed by atoms with Crippen LogP contribution in [0.15, 0.2) is 41.7 Å². The molecule has 3 atom stereocenters. The first kappa shape index (κ1) is 31.4. The summed E-state index contributed by atoms with van der Waals surface area (Å²) in [6, 6.07) is 1.44. The lowest BCUT2D eigenvalue weighted by Crippen LogP contribution is -2.58. The van der Waals surface area contributed by atoms with Crippen molar-refractivity contribution in [3.63, 3.8) is 0 Å². The zero-order valence-electron chi connectivity index (χ0n) is 24.3. The van der Waals surface area contributed by atoms with Crippen molar-refractivity contribution in [2.75, 3.05) is 51.5 Å². The highest BCUT2D eigenvalue weighted by molar-refractivity contribution is 6.01. The van der Waals surface area contributed by atoms with Crippen molar-refractivity contribution in [3.8, 4) is 16.9 Å². The Labute approximate surface area is 249 Å². The largest absolute Gasteiger partial charge is 0.488 e. The van der Waals surface area contributed by atoms with Crippen molar-refractivity contribution in [2.45, 2.75) is 38.1 Å². The summed E-state index contributed by atoms with van der Waals surface area (Å²) in [6.07, 6.45) is -3.82. The molecule has 3 heterocycles. The summed E-state index contributed by atoms with van der Waals surface area (Å²) in [4.78, 5) is 33.7. The number of ether oxygens (including phenoxy) is 3.